The first-order chi connectivity index (χ1) is 8.60. The molecular formula is C14H23ClN2O2. The van der Waals surface area contributed by atoms with Gasteiger partial charge >= 0.3 is 0 Å². The van der Waals surface area contributed by atoms with Crippen LogP contribution in [0.25, 0.3) is 0 Å². The Morgan fingerprint density at radius 1 is 1.37 bits per heavy atom. The number of amides is 1. The molecule has 1 unspecified atom stereocenters. The summed E-state index contributed by atoms with van der Waals surface area (Å²) < 4.78 is 5.12. The summed E-state index contributed by atoms with van der Waals surface area (Å²) in [7, 11) is 5.33. The van der Waals surface area contributed by atoms with Crippen molar-refractivity contribution in [2.75, 3.05) is 27.7 Å². The van der Waals surface area contributed by atoms with Crippen LogP contribution in [0.4, 0.5) is 0 Å². The number of ether oxygens (including phenoxy) is 1. The Bertz CT molecular complexity index is 382. The number of nitrogens with one attached hydrogen (secondary N) is 1. The second kappa shape index (κ2) is 8.77. The summed E-state index contributed by atoms with van der Waals surface area (Å²) in [6.07, 6.45) is 0.521. The third kappa shape index (κ3) is 5.09. The molecule has 0 aliphatic carbocycles. The van der Waals surface area contributed by atoms with E-state index in [4.69, 9.17) is 4.74 Å². The zero-order valence-corrected chi connectivity index (χ0v) is 12.8. The normalized spacial score (nSPS) is 11.4. The van der Waals surface area contributed by atoms with Crippen LogP contribution in [-0.2, 0) is 4.79 Å². The number of carbonyl (C=O) groups is 1. The molecule has 1 atom stereocenters. The highest BCUT2D eigenvalue weighted by Crippen LogP contribution is 2.21. The van der Waals surface area contributed by atoms with Crippen LogP contribution in [0.5, 0.6) is 5.75 Å². The van der Waals surface area contributed by atoms with E-state index in [2.05, 4.69) is 5.32 Å². The summed E-state index contributed by atoms with van der Waals surface area (Å²) in [6.45, 7) is 2.73. The molecule has 0 aromatic heterocycles. The highest BCUT2D eigenvalue weighted by Gasteiger charge is 2.16. The molecule has 1 rings (SSSR count). The minimum absolute atomic E-state index is 0. The van der Waals surface area contributed by atoms with Crippen LogP contribution in [0, 0.1) is 0 Å². The zero-order valence-electron chi connectivity index (χ0n) is 12.0. The standard InChI is InChI=1S/C14H22N2O2.ClH/c1-11(16(3)14(17)9-10-15-2)12-5-7-13(18-4)8-6-12;/h5-8,11,15H,9-10H2,1-4H3;1H. The lowest BCUT2D eigenvalue weighted by Gasteiger charge is -2.25. The number of hydrogen-bond donors (Lipinski definition) is 1. The van der Waals surface area contributed by atoms with Crippen LogP contribution in [-0.4, -0.2) is 38.6 Å². The fourth-order valence-electron chi connectivity index (χ4n) is 1.73. The summed E-state index contributed by atoms with van der Waals surface area (Å²) in [4.78, 5) is 13.7. The van der Waals surface area contributed by atoms with Gasteiger partial charge in [0.25, 0.3) is 0 Å². The van der Waals surface area contributed by atoms with E-state index in [-0.39, 0.29) is 24.4 Å². The van der Waals surface area contributed by atoms with E-state index >= 15 is 0 Å². The first-order valence-corrected chi connectivity index (χ1v) is 6.14. The van der Waals surface area contributed by atoms with Crippen LogP contribution in [0.2, 0.25) is 0 Å². The quantitative estimate of drug-likeness (QED) is 0.872. The molecule has 0 heterocycles. The minimum atomic E-state index is 0. The van der Waals surface area contributed by atoms with Crippen molar-refractivity contribution in [2.24, 2.45) is 0 Å². The van der Waals surface area contributed by atoms with E-state index in [9.17, 15) is 4.79 Å². The molecule has 0 saturated carbocycles. The highest BCUT2D eigenvalue weighted by molar-refractivity contribution is 5.85. The van der Waals surface area contributed by atoms with Crippen LogP contribution in [0.15, 0.2) is 24.3 Å². The SMILES string of the molecule is CNCCC(=O)N(C)C(C)c1ccc(OC)cc1.Cl. The maximum absolute atomic E-state index is 11.9. The van der Waals surface area contributed by atoms with Crippen molar-refractivity contribution in [3.8, 4) is 5.75 Å². The largest absolute Gasteiger partial charge is 0.497 e. The van der Waals surface area contributed by atoms with Crippen molar-refractivity contribution < 1.29 is 9.53 Å². The number of methoxy groups -OCH3 is 1. The fraction of sp³-hybridized carbons (Fsp3) is 0.500. The molecular weight excluding hydrogens is 264 g/mol. The number of hydrogen-bond acceptors (Lipinski definition) is 3. The second-order valence-corrected chi connectivity index (χ2v) is 4.31. The topological polar surface area (TPSA) is 41.6 Å². The van der Waals surface area contributed by atoms with Crippen LogP contribution in [0.1, 0.15) is 24.9 Å². The number of benzene rings is 1. The monoisotopic (exact) mass is 286 g/mol. The molecule has 1 amide bonds. The molecule has 0 fully saturated rings. The number of carbonyl (C=O) groups excluding carboxylic acids is 1. The summed E-state index contributed by atoms with van der Waals surface area (Å²) in [5.74, 6) is 0.975. The summed E-state index contributed by atoms with van der Waals surface area (Å²) in [6, 6.07) is 7.88. The van der Waals surface area contributed by atoms with Gasteiger partial charge in [-0.25, -0.2) is 0 Å². The Morgan fingerprint density at radius 3 is 2.42 bits per heavy atom. The van der Waals surface area contributed by atoms with Gasteiger partial charge in [0.2, 0.25) is 5.91 Å². The van der Waals surface area contributed by atoms with Gasteiger partial charge in [0.1, 0.15) is 5.75 Å². The van der Waals surface area contributed by atoms with Crippen molar-refractivity contribution in [1.29, 1.82) is 0 Å². The Morgan fingerprint density at radius 2 is 1.95 bits per heavy atom. The van der Waals surface area contributed by atoms with Gasteiger partial charge in [0.05, 0.1) is 13.2 Å². The Kier molecular flexibility index (Phi) is 8.19. The molecule has 0 radical (unpaired) electrons. The van der Waals surface area contributed by atoms with Crippen molar-refractivity contribution in [3.05, 3.63) is 29.8 Å². The molecule has 19 heavy (non-hydrogen) atoms. The molecule has 0 saturated heterocycles. The minimum Gasteiger partial charge on any atom is -0.497 e. The number of halogens is 1. The van der Waals surface area contributed by atoms with Gasteiger partial charge in [-0.3, -0.25) is 4.79 Å². The average molecular weight is 287 g/mol. The lowest BCUT2D eigenvalue weighted by atomic mass is 10.1. The van der Waals surface area contributed by atoms with Crippen molar-refractivity contribution in [1.82, 2.24) is 10.2 Å². The number of nitrogens with zero attached hydrogens (tertiary/aromatic N) is 1. The fourth-order valence-corrected chi connectivity index (χ4v) is 1.73. The van der Waals surface area contributed by atoms with Crippen molar-refractivity contribution in [3.63, 3.8) is 0 Å². The van der Waals surface area contributed by atoms with E-state index in [1.807, 2.05) is 45.3 Å². The Hall–Kier alpha value is -1.26. The average Bonchev–Trinajstić information content (AvgIpc) is 2.43. The molecule has 0 bridgehead atoms. The van der Waals surface area contributed by atoms with Gasteiger partial charge in [0.15, 0.2) is 0 Å². The molecule has 0 spiro atoms. The van der Waals surface area contributed by atoms with Gasteiger partial charge in [-0.05, 0) is 31.7 Å². The molecule has 4 nitrogen and oxygen atoms in total. The van der Waals surface area contributed by atoms with Crippen LogP contribution in [0.3, 0.4) is 0 Å². The lowest BCUT2D eigenvalue weighted by Crippen LogP contribution is -2.31. The first kappa shape index (κ1) is 17.7. The van der Waals surface area contributed by atoms with Crippen molar-refractivity contribution >= 4 is 18.3 Å². The lowest BCUT2D eigenvalue weighted by molar-refractivity contribution is -0.131. The van der Waals surface area contributed by atoms with E-state index in [1.54, 1.807) is 12.0 Å². The maximum Gasteiger partial charge on any atom is 0.224 e. The van der Waals surface area contributed by atoms with Crippen LogP contribution < -0.4 is 10.1 Å². The van der Waals surface area contributed by atoms with E-state index < -0.39 is 0 Å². The molecule has 108 valence electrons. The first-order valence-electron chi connectivity index (χ1n) is 6.14. The summed E-state index contributed by atoms with van der Waals surface area (Å²) >= 11 is 0. The molecule has 1 aromatic rings. The van der Waals surface area contributed by atoms with Gasteiger partial charge in [0, 0.05) is 20.0 Å². The molecule has 0 aliphatic rings. The predicted octanol–water partition coefficient (Wildman–Crippen LogP) is 2.25. The third-order valence-corrected chi connectivity index (χ3v) is 3.16. The molecule has 0 aliphatic heterocycles. The summed E-state index contributed by atoms with van der Waals surface area (Å²) in [5, 5.41) is 2.98. The number of rotatable bonds is 6. The van der Waals surface area contributed by atoms with Gasteiger partial charge in [-0.1, -0.05) is 12.1 Å². The van der Waals surface area contributed by atoms with Gasteiger partial charge < -0.3 is 15.0 Å². The van der Waals surface area contributed by atoms with E-state index in [1.165, 1.54) is 0 Å². The second-order valence-electron chi connectivity index (χ2n) is 4.31. The molecule has 1 N–H and O–H groups in total. The highest BCUT2D eigenvalue weighted by atomic mass is 35.5. The van der Waals surface area contributed by atoms with E-state index in [0.717, 1.165) is 11.3 Å². The third-order valence-electron chi connectivity index (χ3n) is 3.16. The molecule has 5 heteroatoms. The maximum atomic E-state index is 11.9. The smallest absolute Gasteiger partial charge is 0.224 e. The van der Waals surface area contributed by atoms with Crippen molar-refractivity contribution in [2.45, 2.75) is 19.4 Å². The zero-order chi connectivity index (χ0) is 13.5. The van der Waals surface area contributed by atoms with Gasteiger partial charge in [-0.15, -0.1) is 12.4 Å². The Balaban J connectivity index is 0.00000324. The predicted molar refractivity (Wildman–Crippen MR) is 80.0 cm³/mol. The van der Waals surface area contributed by atoms with Gasteiger partial charge in [-0.2, -0.15) is 0 Å². The molecule has 1 aromatic carbocycles. The van der Waals surface area contributed by atoms with E-state index in [0.29, 0.717) is 13.0 Å². The summed E-state index contributed by atoms with van der Waals surface area (Å²) in [5.41, 5.74) is 1.11. The Labute approximate surface area is 121 Å². The van der Waals surface area contributed by atoms with Crippen LogP contribution >= 0.6 is 12.4 Å².